The summed E-state index contributed by atoms with van der Waals surface area (Å²) < 4.78 is 13.9. The topological polar surface area (TPSA) is 36.3 Å². The molecule has 1 aromatic carbocycles. The van der Waals surface area contributed by atoms with E-state index < -0.39 is 0 Å². The maximum absolute atomic E-state index is 5.85. The Morgan fingerprint density at radius 3 is 2.89 bits per heavy atom. The highest BCUT2D eigenvalue weighted by atomic mass is 79.9. The number of aromatic nitrogens is 2. The van der Waals surface area contributed by atoms with Crippen LogP contribution >= 0.6 is 27.5 Å². The van der Waals surface area contributed by atoms with Crippen LogP contribution in [0.5, 0.6) is 5.75 Å². The van der Waals surface area contributed by atoms with Gasteiger partial charge in [0, 0.05) is 24.0 Å². The number of halogens is 2. The van der Waals surface area contributed by atoms with Gasteiger partial charge in [-0.05, 0) is 34.1 Å². The molecule has 0 radical (unpaired) electrons. The number of rotatable bonds is 7. The van der Waals surface area contributed by atoms with Crippen molar-refractivity contribution in [3.8, 4) is 5.75 Å². The Kier molecular flexibility index (Phi) is 5.69. The summed E-state index contributed by atoms with van der Waals surface area (Å²) >= 11 is 9.25. The third-order valence-corrected chi connectivity index (χ3v) is 3.29. The van der Waals surface area contributed by atoms with Crippen LogP contribution in [0.3, 0.4) is 0 Å². The van der Waals surface area contributed by atoms with Crippen molar-refractivity contribution in [3.63, 3.8) is 0 Å². The molecule has 0 aliphatic rings. The molecule has 2 rings (SSSR count). The Bertz CT molecular complexity index is 505. The van der Waals surface area contributed by atoms with E-state index >= 15 is 0 Å². The van der Waals surface area contributed by atoms with Gasteiger partial charge in [0.25, 0.3) is 0 Å². The Morgan fingerprint density at radius 1 is 1.26 bits per heavy atom. The summed E-state index contributed by atoms with van der Waals surface area (Å²) in [6.07, 6.45) is 5.43. The second kappa shape index (κ2) is 7.53. The molecule has 0 bridgehead atoms. The molecule has 19 heavy (non-hydrogen) atoms. The number of imidazole rings is 1. The molecule has 0 aliphatic heterocycles. The van der Waals surface area contributed by atoms with Crippen molar-refractivity contribution < 1.29 is 9.47 Å². The van der Waals surface area contributed by atoms with Gasteiger partial charge < -0.3 is 14.0 Å². The summed E-state index contributed by atoms with van der Waals surface area (Å²) in [5.41, 5.74) is 0. The summed E-state index contributed by atoms with van der Waals surface area (Å²) in [4.78, 5) is 3.96. The lowest BCUT2D eigenvalue weighted by Gasteiger charge is -2.09. The van der Waals surface area contributed by atoms with Crippen LogP contribution in [-0.4, -0.2) is 29.4 Å². The lowest BCUT2D eigenvalue weighted by atomic mass is 10.3. The summed E-state index contributed by atoms with van der Waals surface area (Å²) in [6, 6.07) is 5.43. The minimum Gasteiger partial charge on any atom is -0.490 e. The highest BCUT2D eigenvalue weighted by Crippen LogP contribution is 2.27. The van der Waals surface area contributed by atoms with Crippen LogP contribution < -0.4 is 4.74 Å². The fourth-order valence-corrected chi connectivity index (χ4v) is 2.29. The second-order valence-electron chi connectivity index (χ2n) is 3.84. The number of nitrogens with zero attached hydrogens (tertiary/aromatic N) is 2. The lowest BCUT2D eigenvalue weighted by molar-refractivity contribution is 0.0941. The molecule has 0 unspecified atom stereocenters. The molecule has 0 saturated carbocycles. The van der Waals surface area contributed by atoms with Crippen molar-refractivity contribution in [1.82, 2.24) is 9.55 Å². The van der Waals surface area contributed by atoms with Gasteiger partial charge in [-0.25, -0.2) is 4.98 Å². The molecule has 0 spiro atoms. The largest absolute Gasteiger partial charge is 0.490 e. The minimum absolute atomic E-state index is 0.504. The van der Waals surface area contributed by atoms with Crippen molar-refractivity contribution in [2.24, 2.45) is 0 Å². The van der Waals surface area contributed by atoms with Crippen molar-refractivity contribution in [3.05, 3.63) is 46.4 Å². The number of benzene rings is 1. The van der Waals surface area contributed by atoms with E-state index in [1.54, 1.807) is 24.7 Å². The van der Waals surface area contributed by atoms with Crippen LogP contribution in [0.15, 0.2) is 41.4 Å². The van der Waals surface area contributed by atoms with Gasteiger partial charge in [-0.3, -0.25) is 0 Å². The van der Waals surface area contributed by atoms with Crippen LogP contribution in [-0.2, 0) is 11.3 Å². The van der Waals surface area contributed by atoms with Crippen LogP contribution in [0, 0.1) is 0 Å². The zero-order valence-corrected chi connectivity index (χ0v) is 12.6. The van der Waals surface area contributed by atoms with Gasteiger partial charge in [0.1, 0.15) is 12.4 Å². The standard InChI is InChI=1S/C13H14BrClN2O2/c14-12-9-11(15)1-2-13(12)19-8-7-18-6-5-17-4-3-16-10-17/h1-4,9-10H,5-8H2. The molecule has 4 nitrogen and oxygen atoms in total. The van der Waals surface area contributed by atoms with Crippen LogP contribution in [0.4, 0.5) is 0 Å². The molecule has 0 N–H and O–H groups in total. The van der Waals surface area contributed by atoms with Gasteiger partial charge in [0.15, 0.2) is 0 Å². The summed E-state index contributed by atoms with van der Waals surface area (Å²) in [5, 5.41) is 0.677. The second-order valence-corrected chi connectivity index (χ2v) is 5.13. The highest BCUT2D eigenvalue weighted by molar-refractivity contribution is 9.10. The molecule has 0 fully saturated rings. The van der Waals surface area contributed by atoms with Crippen LogP contribution in [0.25, 0.3) is 0 Å². The van der Waals surface area contributed by atoms with E-state index in [-0.39, 0.29) is 0 Å². The lowest BCUT2D eigenvalue weighted by Crippen LogP contribution is -2.10. The normalized spacial score (nSPS) is 10.6. The van der Waals surface area contributed by atoms with E-state index in [9.17, 15) is 0 Å². The van der Waals surface area contributed by atoms with Gasteiger partial charge >= 0.3 is 0 Å². The molecule has 1 heterocycles. The van der Waals surface area contributed by atoms with Gasteiger partial charge in [0.2, 0.25) is 0 Å². The maximum Gasteiger partial charge on any atom is 0.133 e. The Balaban J connectivity index is 1.61. The van der Waals surface area contributed by atoms with E-state index in [1.807, 2.05) is 16.8 Å². The predicted octanol–water partition coefficient (Wildman–Crippen LogP) is 3.39. The SMILES string of the molecule is Clc1ccc(OCCOCCn2ccnc2)c(Br)c1. The molecule has 6 heteroatoms. The van der Waals surface area contributed by atoms with E-state index in [2.05, 4.69) is 20.9 Å². The average Bonchev–Trinajstić information content (AvgIpc) is 2.89. The van der Waals surface area contributed by atoms with Gasteiger partial charge in [-0.15, -0.1) is 0 Å². The van der Waals surface area contributed by atoms with E-state index in [4.69, 9.17) is 21.1 Å². The zero-order chi connectivity index (χ0) is 13.5. The molecular weight excluding hydrogens is 332 g/mol. The first-order valence-electron chi connectivity index (χ1n) is 5.87. The summed E-state index contributed by atoms with van der Waals surface area (Å²) in [6.45, 7) is 2.49. The van der Waals surface area contributed by atoms with E-state index in [0.717, 1.165) is 16.8 Å². The maximum atomic E-state index is 5.85. The monoisotopic (exact) mass is 344 g/mol. The number of hydrogen-bond donors (Lipinski definition) is 0. The number of hydrogen-bond acceptors (Lipinski definition) is 3. The molecular formula is C13H14BrClN2O2. The Hall–Kier alpha value is -1.04. The van der Waals surface area contributed by atoms with Crippen molar-refractivity contribution in [1.29, 1.82) is 0 Å². The molecule has 0 atom stereocenters. The van der Waals surface area contributed by atoms with Gasteiger partial charge in [-0.2, -0.15) is 0 Å². The fraction of sp³-hybridized carbons (Fsp3) is 0.308. The quantitative estimate of drug-likeness (QED) is 0.722. The van der Waals surface area contributed by atoms with E-state index in [0.29, 0.717) is 24.8 Å². The average molecular weight is 346 g/mol. The van der Waals surface area contributed by atoms with Gasteiger partial charge in [-0.1, -0.05) is 11.6 Å². The summed E-state index contributed by atoms with van der Waals surface area (Å²) in [5.74, 6) is 0.766. The molecule has 0 aliphatic carbocycles. The smallest absolute Gasteiger partial charge is 0.133 e. The first kappa shape index (κ1) is 14.4. The third-order valence-electron chi connectivity index (χ3n) is 2.43. The van der Waals surface area contributed by atoms with Crippen molar-refractivity contribution >= 4 is 27.5 Å². The van der Waals surface area contributed by atoms with Crippen molar-refractivity contribution in [2.45, 2.75) is 6.54 Å². The number of ether oxygens (including phenoxy) is 2. The summed E-state index contributed by atoms with van der Waals surface area (Å²) in [7, 11) is 0. The van der Waals surface area contributed by atoms with Crippen LogP contribution in [0.2, 0.25) is 5.02 Å². The highest BCUT2D eigenvalue weighted by Gasteiger charge is 2.01. The molecule has 2 aromatic rings. The third kappa shape index (κ3) is 4.86. The van der Waals surface area contributed by atoms with Crippen LogP contribution in [0.1, 0.15) is 0 Å². The fourth-order valence-electron chi connectivity index (χ4n) is 1.49. The van der Waals surface area contributed by atoms with E-state index in [1.165, 1.54) is 0 Å². The Labute approximate surface area is 125 Å². The molecule has 0 amide bonds. The first-order chi connectivity index (χ1) is 9.25. The molecule has 1 aromatic heterocycles. The van der Waals surface area contributed by atoms with Gasteiger partial charge in [0.05, 0.1) is 24.0 Å². The first-order valence-corrected chi connectivity index (χ1v) is 7.04. The zero-order valence-electron chi connectivity index (χ0n) is 10.3. The Morgan fingerprint density at radius 2 is 2.16 bits per heavy atom. The molecule has 0 saturated heterocycles. The van der Waals surface area contributed by atoms with Crippen molar-refractivity contribution in [2.75, 3.05) is 19.8 Å². The predicted molar refractivity (Wildman–Crippen MR) is 77.7 cm³/mol. The minimum atomic E-state index is 0.504. The molecule has 102 valence electrons.